The van der Waals surface area contributed by atoms with Crippen LogP contribution in [0.5, 0.6) is 0 Å². The lowest BCUT2D eigenvalue weighted by atomic mass is 10.1. The van der Waals surface area contributed by atoms with Crippen molar-refractivity contribution in [2.75, 3.05) is 0 Å². The summed E-state index contributed by atoms with van der Waals surface area (Å²) in [7, 11) is 0. The molecule has 0 radical (unpaired) electrons. The number of hydrogen-bond acceptors (Lipinski definition) is 3. The molecule has 0 aliphatic carbocycles. The number of aryl methyl sites for hydroxylation is 1. The van der Waals surface area contributed by atoms with Crippen molar-refractivity contribution in [3.8, 4) is 0 Å². The molecule has 1 heterocycles. The number of pyridine rings is 1. The number of hydrogen-bond donors (Lipinski definition) is 1. The van der Waals surface area contributed by atoms with Crippen LogP contribution in [0.3, 0.4) is 0 Å². The summed E-state index contributed by atoms with van der Waals surface area (Å²) in [5.74, 6) is 0. The van der Waals surface area contributed by atoms with E-state index in [0.717, 1.165) is 25.5 Å². The molecule has 0 aliphatic rings. The lowest BCUT2D eigenvalue weighted by Crippen LogP contribution is -1.87. The molecule has 0 saturated carbocycles. The van der Waals surface area contributed by atoms with Crippen molar-refractivity contribution < 1.29 is 5.11 Å². The first-order valence-corrected chi connectivity index (χ1v) is 6.80. The molecule has 1 N–H and O–H groups in total. The van der Waals surface area contributed by atoms with Crippen LogP contribution in [0.25, 0.3) is 0 Å². The fourth-order valence-corrected chi connectivity index (χ4v) is 2.52. The molecule has 0 spiro atoms. The van der Waals surface area contributed by atoms with E-state index in [9.17, 15) is 0 Å². The van der Waals surface area contributed by atoms with Gasteiger partial charge in [-0.2, -0.15) is 0 Å². The molecule has 1 aromatic carbocycles. The van der Waals surface area contributed by atoms with Crippen molar-refractivity contribution in [3.05, 3.63) is 52.1 Å². The number of aliphatic hydroxyl groups is 1. The van der Waals surface area contributed by atoms with Crippen LogP contribution < -0.4 is 0 Å². The van der Waals surface area contributed by atoms with Crippen LogP contribution in [0.1, 0.15) is 11.1 Å². The van der Waals surface area contributed by atoms with Crippen LogP contribution in [0.15, 0.2) is 50.9 Å². The Kier molecular flexibility index (Phi) is 4.20. The molecule has 17 heavy (non-hydrogen) atoms. The maximum absolute atomic E-state index is 9.05. The van der Waals surface area contributed by atoms with E-state index in [-0.39, 0.29) is 6.61 Å². The van der Waals surface area contributed by atoms with Gasteiger partial charge < -0.3 is 5.11 Å². The summed E-state index contributed by atoms with van der Waals surface area (Å²) in [6.45, 7) is 2.13. The van der Waals surface area contributed by atoms with Gasteiger partial charge in [-0.3, -0.25) is 0 Å². The predicted octanol–water partition coefficient (Wildman–Crippen LogP) is 3.80. The van der Waals surface area contributed by atoms with E-state index >= 15 is 0 Å². The van der Waals surface area contributed by atoms with E-state index in [1.54, 1.807) is 18.0 Å². The van der Waals surface area contributed by atoms with Gasteiger partial charge in [-0.15, -0.1) is 0 Å². The summed E-state index contributed by atoms with van der Waals surface area (Å²) in [4.78, 5) is 5.49. The lowest BCUT2D eigenvalue weighted by Gasteiger charge is -2.06. The van der Waals surface area contributed by atoms with Crippen molar-refractivity contribution in [2.45, 2.75) is 23.5 Å². The Morgan fingerprint density at radius 2 is 2.12 bits per heavy atom. The topological polar surface area (TPSA) is 33.1 Å². The standard InChI is InChI=1S/C13H12BrNOS/c1-9-6-10(8-16)2-4-12(9)17-13-5-3-11(14)7-15-13/h2-7,16H,8H2,1H3. The van der Waals surface area contributed by atoms with E-state index in [4.69, 9.17) is 5.11 Å². The zero-order valence-corrected chi connectivity index (χ0v) is 11.8. The maximum atomic E-state index is 9.05. The van der Waals surface area contributed by atoms with Gasteiger partial charge in [-0.1, -0.05) is 23.9 Å². The van der Waals surface area contributed by atoms with E-state index in [0.29, 0.717) is 0 Å². The molecular weight excluding hydrogens is 298 g/mol. The van der Waals surface area contributed by atoms with Crippen LogP contribution in [0.2, 0.25) is 0 Å². The van der Waals surface area contributed by atoms with Gasteiger partial charge in [0.25, 0.3) is 0 Å². The summed E-state index contributed by atoms with van der Waals surface area (Å²) in [5, 5.41) is 10.0. The van der Waals surface area contributed by atoms with Crippen molar-refractivity contribution in [3.63, 3.8) is 0 Å². The minimum atomic E-state index is 0.0856. The molecule has 0 unspecified atom stereocenters. The van der Waals surface area contributed by atoms with E-state index in [1.165, 1.54) is 0 Å². The number of benzene rings is 1. The van der Waals surface area contributed by atoms with Gasteiger partial charge in [0.1, 0.15) is 5.03 Å². The third kappa shape index (κ3) is 3.31. The van der Waals surface area contributed by atoms with Gasteiger partial charge in [0.2, 0.25) is 0 Å². The van der Waals surface area contributed by atoms with E-state index in [1.807, 2.05) is 37.3 Å². The third-order valence-electron chi connectivity index (χ3n) is 2.34. The Hall–Kier alpha value is -0.840. The highest BCUT2D eigenvalue weighted by atomic mass is 79.9. The van der Waals surface area contributed by atoms with Gasteiger partial charge in [-0.25, -0.2) is 4.98 Å². The number of aliphatic hydroxyl groups excluding tert-OH is 1. The average Bonchev–Trinajstić information content (AvgIpc) is 2.34. The molecule has 0 amide bonds. The van der Waals surface area contributed by atoms with Gasteiger partial charge in [0.15, 0.2) is 0 Å². The van der Waals surface area contributed by atoms with Crippen molar-refractivity contribution in [1.29, 1.82) is 0 Å². The Morgan fingerprint density at radius 3 is 2.71 bits per heavy atom. The zero-order valence-electron chi connectivity index (χ0n) is 9.35. The van der Waals surface area contributed by atoms with Crippen LogP contribution in [0, 0.1) is 6.92 Å². The molecule has 0 aliphatic heterocycles. The number of nitrogens with zero attached hydrogens (tertiary/aromatic N) is 1. The summed E-state index contributed by atoms with van der Waals surface area (Å²) in [6, 6.07) is 9.92. The molecule has 4 heteroatoms. The molecule has 1 aromatic heterocycles. The van der Waals surface area contributed by atoms with Crippen LogP contribution in [0.4, 0.5) is 0 Å². The predicted molar refractivity (Wildman–Crippen MR) is 73.2 cm³/mol. The second-order valence-electron chi connectivity index (χ2n) is 3.67. The second-order valence-corrected chi connectivity index (χ2v) is 5.65. The monoisotopic (exact) mass is 309 g/mol. The second kappa shape index (κ2) is 5.67. The zero-order chi connectivity index (χ0) is 12.3. The summed E-state index contributed by atoms with van der Waals surface area (Å²) < 4.78 is 0.981. The number of halogens is 1. The van der Waals surface area contributed by atoms with Crippen molar-refractivity contribution >= 4 is 27.7 Å². The highest BCUT2D eigenvalue weighted by Gasteiger charge is 2.03. The molecular formula is C13H12BrNOS. The van der Waals surface area contributed by atoms with Crippen LogP contribution in [-0.4, -0.2) is 10.1 Å². The maximum Gasteiger partial charge on any atom is 0.101 e. The number of rotatable bonds is 3. The Labute approximate surface area is 113 Å². The first-order chi connectivity index (χ1) is 8.19. The molecule has 0 fully saturated rings. The van der Waals surface area contributed by atoms with Crippen molar-refractivity contribution in [1.82, 2.24) is 4.98 Å². The van der Waals surface area contributed by atoms with Crippen LogP contribution in [-0.2, 0) is 6.61 Å². The fraction of sp³-hybridized carbons (Fsp3) is 0.154. The minimum absolute atomic E-state index is 0.0856. The molecule has 2 nitrogen and oxygen atoms in total. The Morgan fingerprint density at radius 1 is 1.29 bits per heavy atom. The van der Waals surface area contributed by atoms with E-state index < -0.39 is 0 Å². The Balaban J connectivity index is 2.21. The molecule has 0 saturated heterocycles. The van der Waals surface area contributed by atoms with Gasteiger partial charge in [-0.05, 0) is 52.2 Å². The first kappa shape index (κ1) is 12.6. The lowest BCUT2D eigenvalue weighted by molar-refractivity contribution is 0.281. The molecule has 2 rings (SSSR count). The van der Waals surface area contributed by atoms with Gasteiger partial charge in [0.05, 0.1) is 6.61 Å². The highest BCUT2D eigenvalue weighted by Crippen LogP contribution is 2.29. The Bertz CT molecular complexity index is 513. The summed E-state index contributed by atoms with van der Waals surface area (Å²) in [6.07, 6.45) is 1.79. The minimum Gasteiger partial charge on any atom is -0.392 e. The normalized spacial score (nSPS) is 10.5. The van der Waals surface area contributed by atoms with Gasteiger partial charge >= 0.3 is 0 Å². The molecule has 0 atom stereocenters. The van der Waals surface area contributed by atoms with Crippen molar-refractivity contribution in [2.24, 2.45) is 0 Å². The highest BCUT2D eigenvalue weighted by molar-refractivity contribution is 9.10. The van der Waals surface area contributed by atoms with Gasteiger partial charge in [0, 0.05) is 15.6 Å². The SMILES string of the molecule is Cc1cc(CO)ccc1Sc1ccc(Br)cn1. The molecule has 0 bridgehead atoms. The largest absolute Gasteiger partial charge is 0.392 e. The molecule has 2 aromatic rings. The number of aromatic nitrogens is 1. The molecule has 88 valence electrons. The van der Waals surface area contributed by atoms with E-state index in [2.05, 4.69) is 20.9 Å². The average molecular weight is 310 g/mol. The first-order valence-electron chi connectivity index (χ1n) is 5.19. The fourth-order valence-electron chi connectivity index (χ4n) is 1.46. The third-order valence-corrected chi connectivity index (χ3v) is 3.93. The smallest absolute Gasteiger partial charge is 0.101 e. The quantitative estimate of drug-likeness (QED) is 0.936. The van der Waals surface area contributed by atoms with Crippen LogP contribution >= 0.6 is 27.7 Å². The summed E-state index contributed by atoms with van der Waals surface area (Å²) in [5.41, 5.74) is 2.10. The summed E-state index contributed by atoms with van der Waals surface area (Å²) >= 11 is 4.99.